The highest BCUT2D eigenvalue weighted by Gasteiger charge is 2.16. The Labute approximate surface area is 114 Å². The lowest BCUT2D eigenvalue weighted by Gasteiger charge is -2.23. The second-order valence-corrected chi connectivity index (χ2v) is 6.25. The van der Waals surface area contributed by atoms with Gasteiger partial charge in [-0.25, -0.2) is 0 Å². The van der Waals surface area contributed by atoms with E-state index < -0.39 is 0 Å². The fourth-order valence-electron chi connectivity index (χ4n) is 2.43. The van der Waals surface area contributed by atoms with Crippen molar-refractivity contribution in [1.82, 2.24) is 10.6 Å². The van der Waals surface area contributed by atoms with Gasteiger partial charge in [0, 0.05) is 26.7 Å². The molecule has 5 heteroatoms. The van der Waals surface area contributed by atoms with Crippen LogP contribution in [0.1, 0.15) is 25.7 Å². The van der Waals surface area contributed by atoms with Gasteiger partial charge in [0.1, 0.15) is 0 Å². The average Bonchev–Trinajstić information content (AvgIpc) is 2.93. The van der Waals surface area contributed by atoms with E-state index in [4.69, 9.17) is 4.74 Å². The Kier molecular flexibility index (Phi) is 6.14. The highest BCUT2D eigenvalue weighted by atomic mass is 32.2. The lowest BCUT2D eigenvalue weighted by molar-refractivity contribution is 0.114. The summed E-state index contributed by atoms with van der Waals surface area (Å²) in [5.41, 5.74) is 0. The van der Waals surface area contributed by atoms with Gasteiger partial charge in [0.05, 0.1) is 6.10 Å². The zero-order chi connectivity index (χ0) is 12.6. The molecule has 2 heterocycles. The van der Waals surface area contributed by atoms with Gasteiger partial charge < -0.3 is 15.4 Å². The molecule has 2 aliphatic rings. The van der Waals surface area contributed by atoms with Crippen LogP contribution >= 0.6 is 11.8 Å². The Morgan fingerprint density at radius 3 is 2.67 bits per heavy atom. The molecule has 0 radical (unpaired) electrons. The largest absolute Gasteiger partial charge is 0.376 e. The summed E-state index contributed by atoms with van der Waals surface area (Å²) in [6.45, 7) is 2.84. The molecule has 0 aromatic rings. The van der Waals surface area contributed by atoms with Crippen LogP contribution in [0, 0.1) is 5.92 Å². The van der Waals surface area contributed by atoms with Gasteiger partial charge in [0.25, 0.3) is 0 Å². The van der Waals surface area contributed by atoms with Crippen LogP contribution in [-0.4, -0.2) is 50.3 Å². The summed E-state index contributed by atoms with van der Waals surface area (Å²) >= 11 is 2.08. The minimum Gasteiger partial charge on any atom is -0.376 e. The maximum Gasteiger partial charge on any atom is 0.191 e. The van der Waals surface area contributed by atoms with Gasteiger partial charge in [-0.15, -0.1) is 0 Å². The first-order valence-electron chi connectivity index (χ1n) is 7.02. The monoisotopic (exact) mass is 271 g/mol. The fourth-order valence-corrected chi connectivity index (χ4v) is 3.63. The predicted octanol–water partition coefficient (Wildman–Crippen LogP) is 1.47. The number of nitrogens with zero attached hydrogens (tertiary/aromatic N) is 1. The van der Waals surface area contributed by atoms with Crippen LogP contribution in [0.15, 0.2) is 4.99 Å². The van der Waals surface area contributed by atoms with E-state index in [1.165, 1.54) is 37.2 Å². The van der Waals surface area contributed by atoms with Gasteiger partial charge in [-0.05, 0) is 43.1 Å². The Hall–Kier alpha value is -0.420. The number of ether oxygens (including phenoxy) is 1. The summed E-state index contributed by atoms with van der Waals surface area (Å²) in [7, 11) is 1.83. The van der Waals surface area contributed by atoms with Crippen LogP contribution in [0.5, 0.6) is 0 Å². The molecule has 2 aliphatic heterocycles. The smallest absolute Gasteiger partial charge is 0.191 e. The van der Waals surface area contributed by atoms with Crippen molar-refractivity contribution < 1.29 is 4.74 Å². The fraction of sp³-hybridized carbons (Fsp3) is 0.923. The van der Waals surface area contributed by atoms with Crippen LogP contribution in [0.25, 0.3) is 0 Å². The number of hydrogen-bond donors (Lipinski definition) is 2. The number of aliphatic imine (C=N–C) groups is 1. The summed E-state index contributed by atoms with van der Waals surface area (Å²) in [6, 6.07) is 0. The first kappa shape index (κ1) is 14.0. The standard InChI is InChI=1S/C13H25N3OS/c1-14-13(16-10-12-3-2-6-17-12)15-9-11-4-7-18-8-5-11/h11-12H,2-10H2,1H3,(H2,14,15,16). The molecule has 1 unspecified atom stereocenters. The van der Waals surface area contributed by atoms with Gasteiger partial charge in [-0.3, -0.25) is 4.99 Å². The van der Waals surface area contributed by atoms with E-state index in [2.05, 4.69) is 27.4 Å². The number of guanidine groups is 1. The highest BCUT2D eigenvalue weighted by molar-refractivity contribution is 7.99. The molecule has 0 bridgehead atoms. The van der Waals surface area contributed by atoms with Gasteiger partial charge >= 0.3 is 0 Å². The normalized spacial score (nSPS) is 26.3. The zero-order valence-corrected chi connectivity index (χ0v) is 12.1. The van der Waals surface area contributed by atoms with Crippen molar-refractivity contribution in [3.63, 3.8) is 0 Å². The molecule has 2 N–H and O–H groups in total. The number of rotatable bonds is 4. The third-order valence-corrected chi connectivity index (χ3v) is 4.69. The molecule has 0 spiro atoms. The third kappa shape index (κ3) is 4.69. The number of nitrogens with one attached hydrogen (secondary N) is 2. The van der Waals surface area contributed by atoms with Crippen molar-refractivity contribution in [2.75, 3.05) is 38.2 Å². The Morgan fingerprint density at radius 1 is 1.22 bits per heavy atom. The molecule has 104 valence electrons. The third-order valence-electron chi connectivity index (χ3n) is 3.64. The molecular formula is C13H25N3OS. The second kappa shape index (κ2) is 7.89. The maximum absolute atomic E-state index is 5.59. The maximum atomic E-state index is 5.59. The lowest BCUT2D eigenvalue weighted by atomic mass is 10.0. The lowest BCUT2D eigenvalue weighted by Crippen LogP contribution is -2.43. The quantitative estimate of drug-likeness (QED) is 0.600. The topological polar surface area (TPSA) is 45.7 Å². The molecule has 0 aromatic carbocycles. The molecule has 18 heavy (non-hydrogen) atoms. The minimum atomic E-state index is 0.370. The van der Waals surface area contributed by atoms with Crippen molar-refractivity contribution in [3.05, 3.63) is 0 Å². The molecule has 0 aromatic heterocycles. The van der Waals surface area contributed by atoms with E-state index in [1.807, 2.05) is 7.05 Å². The van der Waals surface area contributed by atoms with Crippen LogP contribution < -0.4 is 10.6 Å². The number of thioether (sulfide) groups is 1. The zero-order valence-electron chi connectivity index (χ0n) is 11.3. The van der Waals surface area contributed by atoms with Crippen LogP contribution in [0.2, 0.25) is 0 Å². The first-order valence-corrected chi connectivity index (χ1v) is 8.18. The summed E-state index contributed by atoms with van der Waals surface area (Å²) in [5.74, 6) is 4.36. The van der Waals surface area contributed by atoms with E-state index in [-0.39, 0.29) is 0 Å². The van der Waals surface area contributed by atoms with Crippen LogP contribution in [0.4, 0.5) is 0 Å². The van der Waals surface area contributed by atoms with Crippen molar-refractivity contribution >= 4 is 17.7 Å². The summed E-state index contributed by atoms with van der Waals surface area (Å²) in [6.07, 6.45) is 5.40. The SMILES string of the molecule is CN=C(NCC1CCSCC1)NCC1CCCO1. The number of hydrogen-bond acceptors (Lipinski definition) is 3. The molecule has 1 atom stereocenters. The Balaban J connectivity index is 1.62. The molecule has 4 nitrogen and oxygen atoms in total. The molecular weight excluding hydrogens is 246 g/mol. The van der Waals surface area contributed by atoms with Crippen molar-refractivity contribution in [1.29, 1.82) is 0 Å². The molecule has 0 saturated carbocycles. The Morgan fingerprint density at radius 2 is 2.00 bits per heavy atom. The van der Waals surface area contributed by atoms with E-state index in [0.29, 0.717) is 6.10 Å². The van der Waals surface area contributed by atoms with E-state index in [1.54, 1.807) is 0 Å². The summed E-state index contributed by atoms with van der Waals surface area (Å²) in [4.78, 5) is 4.27. The van der Waals surface area contributed by atoms with Crippen molar-refractivity contribution in [3.8, 4) is 0 Å². The van der Waals surface area contributed by atoms with Gasteiger partial charge in [0.15, 0.2) is 5.96 Å². The van der Waals surface area contributed by atoms with Gasteiger partial charge in [-0.2, -0.15) is 11.8 Å². The van der Waals surface area contributed by atoms with Gasteiger partial charge in [-0.1, -0.05) is 0 Å². The first-order chi connectivity index (χ1) is 8.88. The van der Waals surface area contributed by atoms with E-state index in [0.717, 1.165) is 31.6 Å². The van der Waals surface area contributed by atoms with E-state index >= 15 is 0 Å². The summed E-state index contributed by atoms with van der Waals surface area (Å²) < 4.78 is 5.59. The van der Waals surface area contributed by atoms with Crippen LogP contribution in [-0.2, 0) is 4.74 Å². The molecule has 0 aliphatic carbocycles. The molecule has 2 rings (SSSR count). The van der Waals surface area contributed by atoms with Gasteiger partial charge in [0.2, 0.25) is 0 Å². The van der Waals surface area contributed by atoms with Crippen LogP contribution in [0.3, 0.4) is 0 Å². The minimum absolute atomic E-state index is 0.370. The predicted molar refractivity (Wildman–Crippen MR) is 78.4 cm³/mol. The average molecular weight is 271 g/mol. The molecule has 2 saturated heterocycles. The molecule has 2 fully saturated rings. The van der Waals surface area contributed by atoms with Crippen molar-refractivity contribution in [2.24, 2.45) is 10.9 Å². The second-order valence-electron chi connectivity index (χ2n) is 5.02. The highest BCUT2D eigenvalue weighted by Crippen LogP contribution is 2.21. The van der Waals surface area contributed by atoms with Crippen molar-refractivity contribution in [2.45, 2.75) is 31.8 Å². The molecule has 0 amide bonds. The summed E-state index contributed by atoms with van der Waals surface area (Å²) in [5, 5.41) is 6.80. The Bertz CT molecular complexity index is 261. The van der Waals surface area contributed by atoms with E-state index in [9.17, 15) is 0 Å².